The van der Waals surface area contributed by atoms with Crippen LogP contribution >= 0.6 is 8.03 Å². The quantitative estimate of drug-likeness (QED) is 0.595. The number of carbonyl (C=O) groups is 2. The SMILES string of the molecule is CCC(C)(C(=O)O)C(CC(=O)O)[P+](=O)O. The van der Waals surface area contributed by atoms with Crippen molar-refractivity contribution in [3.63, 3.8) is 0 Å². The average molecular weight is 237 g/mol. The van der Waals surface area contributed by atoms with Gasteiger partial charge in [-0.3, -0.25) is 9.59 Å². The van der Waals surface area contributed by atoms with Crippen molar-refractivity contribution < 1.29 is 29.3 Å². The van der Waals surface area contributed by atoms with Crippen LogP contribution in [0, 0.1) is 5.41 Å². The molecule has 0 aliphatic rings. The van der Waals surface area contributed by atoms with Crippen molar-refractivity contribution in [3.05, 3.63) is 0 Å². The van der Waals surface area contributed by atoms with Gasteiger partial charge in [0, 0.05) is 0 Å². The van der Waals surface area contributed by atoms with E-state index in [1.807, 2.05) is 0 Å². The lowest BCUT2D eigenvalue weighted by Crippen LogP contribution is -2.38. The molecule has 0 aliphatic carbocycles. The lowest BCUT2D eigenvalue weighted by molar-refractivity contribution is -0.149. The minimum Gasteiger partial charge on any atom is -0.481 e. The van der Waals surface area contributed by atoms with Crippen LogP contribution in [-0.2, 0) is 14.2 Å². The maximum Gasteiger partial charge on any atom is 0.510 e. The van der Waals surface area contributed by atoms with Crippen LogP contribution in [0.2, 0.25) is 0 Å². The minimum atomic E-state index is -2.83. The lowest BCUT2D eigenvalue weighted by Gasteiger charge is -2.23. The summed E-state index contributed by atoms with van der Waals surface area (Å²) in [5.41, 5.74) is -2.76. The zero-order valence-electron chi connectivity index (χ0n) is 8.51. The van der Waals surface area contributed by atoms with Gasteiger partial charge in [-0.05, 0) is 17.9 Å². The first-order valence-electron chi connectivity index (χ1n) is 4.36. The summed E-state index contributed by atoms with van der Waals surface area (Å²) < 4.78 is 11.0. The van der Waals surface area contributed by atoms with Crippen molar-refractivity contribution in [2.45, 2.75) is 32.3 Å². The van der Waals surface area contributed by atoms with Gasteiger partial charge in [0.1, 0.15) is 5.41 Å². The first-order valence-corrected chi connectivity index (χ1v) is 5.64. The highest BCUT2D eigenvalue weighted by Crippen LogP contribution is 2.42. The van der Waals surface area contributed by atoms with Crippen molar-refractivity contribution in [3.8, 4) is 0 Å². The van der Waals surface area contributed by atoms with Gasteiger partial charge in [0.15, 0.2) is 0 Å². The highest BCUT2D eigenvalue weighted by molar-refractivity contribution is 7.39. The first-order chi connectivity index (χ1) is 6.75. The topological polar surface area (TPSA) is 112 Å². The highest BCUT2D eigenvalue weighted by atomic mass is 31.1. The van der Waals surface area contributed by atoms with E-state index in [-0.39, 0.29) is 6.42 Å². The van der Waals surface area contributed by atoms with Gasteiger partial charge in [-0.25, -0.2) is 0 Å². The largest absolute Gasteiger partial charge is 0.510 e. The van der Waals surface area contributed by atoms with Crippen LogP contribution < -0.4 is 0 Å². The molecule has 0 aromatic rings. The maximum absolute atomic E-state index is 11.0. The fourth-order valence-corrected chi connectivity index (χ4v) is 2.33. The summed E-state index contributed by atoms with van der Waals surface area (Å²) in [5.74, 6) is -2.54. The Kier molecular flexibility index (Phi) is 4.84. The molecule has 0 saturated carbocycles. The van der Waals surface area contributed by atoms with E-state index in [1.54, 1.807) is 6.92 Å². The van der Waals surface area contributed by atoms with Crippen LogP contribution in [0.5, 0.6) is 0 Å². The smallest absolute Gasteiger partial charge is 0.481 e. The molecule has 15 heavy (non-hydrogen) atoms. The molecule has 0 amide bonds. The number of rotatable bonds is 6. The van der Waals surface area contributed by atoms with Gasteiger partial charge in [0.25, 0.3) is 0 Å². The van der Waals surface area contributed by atoms with E-state index in [1.165, 1.54) is 6.92 Å². The highest BCUT2D eigenvalue weighted by Gasteiger charge is 2.52. The number of carboxylic acids is 2. The number of aliphatic carboxylic acids is 2. The number of hydrogen-bond acceptors (Lipinski definition) is 3. The lowest BCUT2D eigenvalue weighted by atomic mass is 9.82. The van der Waals surface area contributed by atoms with Crippen molar-refractivity contribution >= 4 is 20.0 Å². The molecule has 0 aliphatic heterocycles. The predicted molar refractivity (Wildman–Crippen MR) is 51.9 cm³/mol. The zero-order valence-corrected chi connectivity index (χ0v) is 9.40. The van der Waals surface area contributed by atoms with Gasteiger partial charge < -0.3 is 10.2 Å². The van der Waals surface area contributed by atoms with Gasteiger partial charge in [-0.2, -0.15) is 4.89 Å². The molecule has 0 aromatic carbocycles. The molecule has 0 spiro atoms. The Hall–Kier alpha value is -1.00. The van der Waals surface area contributed by atoms with E-state index < -0.39 is 37.5 Å². The molecule has 7 heteroatoms. The molecular weight excluding hydrogens is 223 g/mol. The molecule has 0 bridgehead atoms. The van der Waals surface area contributed by atoms with Crippen LogP contribution in [0.1, 0.15) is 26.7 Å². The second-order valence-corrected chi connectivity index (χ2v) is 4.72. The monoisotopic (exact) mass is 237 g/mol. The van der Waals surface area contributed by atoms with Gasteiger partial charge in [-0.15, -0.1) is 0 Å². The summed E-state index contributed by atoms with van der Waals surface area (Å²) in [7, 11) is -2.83. The van der Waals surface area contributed by atoms with Crippen molar-refractivity contribution in [2.24, 2.45) is 5.41 Å². The summed E-state index contributed by atoms with van der Waals surface area (Å²) in [6, 6.07) is 0. The van der Waals surface area contributed by atoms with Gasteiger partial charge in [-0.1, -0.05) is 6.92 Å². The summed E-state index contributed by atoms with van der Waals surface area (Å²) in [6.45, 7) is 2.83. The Morgan fingerprint density at radius 2 is 1.87 bits per heavy atom. The van der Waals surface area contributed by atoms with Gasteiger partial charge >= 0.3 is 20.0 Å². The molecule has 0 radical (unpaired) electrons. The molecule has 3 N–H and O–H groups in total. The Balaban J connectivity index is 5.11. The van der Waals surface area contributed by atoms with Gasteiger partial charge in [0.2, 0.25) is 5.66 Å². The van der Waals surface area contributed by atoms with E-state index in [9.17, 15) is 14.2 Å². The molecule has 3 atom stereocenters. The van der Waals surface area contributed by atoms with Crippen LogP contribution in [-0.4, -0.2) is 32.7 Å². The molecule has 0 aromatic heterocycles. The third kappa shape index (κ3) is 3.25. The fraction of sp³-hybridized carbons (Fsp3) is 0.750. The normalized spacial score (nSPS) is 17.7. The predicted octanol–water partition coefficient (Wildman–Crippen LogP) is 1.07. The van der Waals surface area contributed by atoms with Crippen LogP contribution in [0.4, 0.5) is 0 Å². The Bertz CT molecular complexity index is 289. The molecular formula is C8H14O6P+. The third-order valence-electron chi connectivity index (χ3n) is 2.59. The molecule has 0 saturated heterocycles. The Morgan fingerprint density at radius 3 is 2.07 bits per heavy atom. The van der Waals surface area contributed by atoms with Crippen molar-refractivity contribution in [1.29, 1.82) is 0 Å². The van der Waals surface area contributed by atoms with E-state index >= 15 is 0 Å². The van der Waals surface area contributed by atoms with Crippen LogP contribution in [0.25, 0.3) is 0 Å². The molecule has 6 nitrogen and oxygen atoms in total. The summed E-state index contributed by atoms with van der Waals surface area (Å²) in [5, 5.41) is 17.5. The average Bonchev–Trinajstić information content (AvgIpc) is 2.12. The summed E-state index contributed by atoms with van der Waals surface area (Å²) >= 11 is 0. The second-order valence-electron chi connectivity index (χ2n) is 3.49. The molecule has 0 fully saturated rings. The minimum absolute atomic E-state index is 0.0991. The third-order valence-corrected chi connectivity index (χ3v) is 3.88. The molecule has 3 unspecified atom stereocenters. The van der Waals surface area contributed by atoms with Crippen molar-refractivity contribution in [2.75, 3.05) is 0 Å². The van der Waals surface area contributed by atoms with E-state index in [0.717, 1.165) is 0 Å². The molecule has 0 rings (SSSR count). The summed E-state index contributed by atoms with van der Waals surface area (Å²) in [4.78, 5) is 30.4. The first kappa shape index (κ1) is 14.0. The van der Waals surface area contributed by atoms with Gasteiger partial charge in [0.05, 0.1) is 6.42 Å². The Morgan fingerprint density at radius 1 is 1.40 bits per heavy atom. The fourth-order valence-electron chi connectivity index (χ4n) is 1.24. The summed E-state index contributed by atoms with van der Waals surface area (Å²) in [6.07, 6.45) is -0.524. The van der Waals surface area contributed by atoms with Crippen LogP contribution in [0.15, 0.2) is 0 Å². The second kappa shape index (κ2) is 5.19. The van der Waals surface area contributed by atoms with E-state index in [4.69, 9.17) is 15.1 Å². The molecule has 0 heterocycles. The van der Waals surface area contributed by atoms with E-state index in [2.05, 4.69) is 0 Å². The van der Waals surface area contributed by atoms with Crippen LogP contribution in [0.3, 0.4) is 0 Å². The zero-order chi connectivity index (χ0) is 12.2. The Labute approximate surface area is 87.8 Å². The van der Waals surface area contributed by atoms with Crippen molar-refractivity contribution in [1.82, 2.24) is 0 Å². The number of hydrogen-bond donors (Lipinski definition) is 3. The van der Waals surface area contributed by atoms with E-state index in [0.29, 0.717) is 0 Å². The molecule has 86 valence electrons. The standard InChI is InChI=1S/C8H13O6P/c1-3-8(2,7(11)12)5(15(13)14)4-6(9)10/h5H,3-4H2,1-2H3,(H2-,9,10,11,12,13,14)/p+1. The number of carboxylic acid groups (broad SMARTS) is 2. The maximum atomic E-state index is 11.0.